The van der Waals surface area contributed by atoms with Gasteiger partial charge in [0.1, 0.15) is 6.10 Å². The first-order chi connectivity index (χ1) is 13.3. The van der Waals surface area contributed by atoms with E-state index < -0.39 is 29.5 Å². The minimum atomic E-state index is -1.53. The van der Waals surface area contributed by atoms with E-state index in [2.05, 4.69) is 4.98 Å². The molecule has 9 nitrogen and oxygen atoms in total. The van der Waals surface area contributed by atoms with Gasteiger partial charge in [0.05, 0.1) is 0 Å². The molecule has 0 saturated carbocycles. The molecule has 0 unspecified atom stereocenters. The highest BCUT2D eigenvalue weighted by Gasteiger charge is 2.36. The van der Waals surface area contributed by atoms with Gasteiger partial charge in [-0.15, -0.1) is 5.06 Å². The van der Waals surface area contributed by atoms with Gasteiger partial charge in [-0.3, -0.25) is 19.9 Å². The Morgan fingerprint density at radius 2 is 1.62 bits per heavy atom. The van der Waals surface area contributed by atoms with Crippen LogP contribution in [0.5, 0.6) is 0 Å². The first-order valence-corrected chi connectivity index (χ1v) is 9.55. The van der Waals surface area contributed by atoms with Crippen LogP contribution in [0.25, 0.3) is 0 Å². The van der Waals surface area contributed by atoms with E-state index in [0.717, 1.165) is 4.90 Å². The smallest absolute Gasteiger partial charge is 0.359 e. The molecule has 1 aromatic rings. The molecular formula is C20H32N4O5. The number of imide groups is 2. The van der Waals surface area contributed by atoms with E-state index in [9.17, 15) is 24.7 Å². The van der Waals surface area contributed by atoms with E-state index in [4.69, 9.17) is 0 Å². The van der Waals surface area contributed by atoms with Crippen molar-refractivity contribution < 1.29 is 24.7 Å². The zero-order valence-electron chi connectivity index (χ0n) is 18.0. The third-order valence-corrected chi connectivity index (χ3v) is 4.12. The number of hydrogen-bond donors (Lipinski definition) is 2. The number of carbonyl (C=O) groups excluding carboxylic acids is 3. The molecule has 5 amide bonds. The molecule has 0 aromatic carbocycles. The molecule has 0 aliphatic carbocycles. The van der Waals surface area contributed by atoms with Gasteiger partial charge in [0.2, 0.25) is 0 Å². The Balaban J connectivity index is 3.05. The fraction of sp³-hybridized carbons (Fsp3) is 0.600. The quantitative estimate of drug-likeness (QED) is 0.552. The van der Waals surface area contributed by atoms with Crippen LogP contribution in [0.1, 0.15) is 47.5 Å². The summed E-state index contributed by atoms with van der Waals surface area (Å²) in [6.07, 6.45) is 2.12. The Hall–Kier alpha value is -2.52. The minimum absolute atomic E-state index is 0.0491. The summed E-state index contributed by atoms with van der Waals surface area (Å²) in [5.41, 5.74) is -0.00521. The van der Waals surface area contributed by atoms with Gasteiger partial charge in [-0.2, -0.15) is 0 Å². The van der Waals surface area contributed by atoms with E-state index in [0.29, 0.717) is 12.1 Å². The Morgan fingerprint density at radius 1 is 1.07 bits per heavy atom. The van der Waals surface area contributed by atoms with Gasteiger partial charge in [0.25, 0.3) is 5.91 Å². The number of hydroxylamine groups is 2. The summed E-state index contributed by atoms with van der Waals surface area (Å²) >= 11 is 0. The second-order valence-electron chi connectivity index (χ2n) is 8.61. The predicted molar refractivity (Wildman–Crippen MR) is 108 cm³/mol. The van der Waals surface area contributed by atoms with Crippen molar-refractivity contribution in [2.75, 3.05) is 18.5 Å². The molecule has 1 heterocycles. The van der Waals surface area contributed by atoms with Crippen LogP contribution in [0.2, 0.25) is 0 Å². The topological polar surface area (TPSA) is 114 Å². The Labute approximate surface area is 171 Å². The van der Waals surface area contributed by atoms with Gasteiger partial charge < -0.3 is 5.11 Å². The zero-order valence-corrected chi connectivity index (χ0v) is 18.0. The van der Waals surface area contributed by atoms with Crippen molar-refractivity contribution in [3.05, 3.63) is 24.5 Å². The standard InChI is InChI=1S/C20H32N4O5/c1-14(2)7-8-16(25)17(26)24(29)19(28)23(13-20(3,4)5)18(27)22(6)15-9-11-21-12-10-15/h9-12,14,16,25,29H,7-8,13H2,1-6H3/t16-/m0/s1. The first kappa shape index (κ1) is 24.5. The highest BCUT2D eigenvalue weighted by atomic mass is 16.5. The molecular weight excluding hydrogens is 376 g/mol. The maximum atomic E-state index is 13.0. The molecule has 0 saturated heterocycles. The highest BCUT2D eigenvalue weighted by Crippen LogP contribution is 2.20. The van der Waals surface area contributed by atoms with Crippen LogP contribution in [0, 0.1) is 11.3 Å². The molecule has 29 heavy (non-hydrogen) atoms. The number of hydrogen-bond acceptors (Lipinski definition) is 6. The van der Waals surface area contributed by atoms with Crippen LogP contribution < -0.4 is 4.90 Å². The van der Waals surface area contributed by atoms with Gasteiger partial charge in [0, 0.05) is 31.7 Å². The number of amides is 5. The van der Waals surface area contributed by atoms with Crippen LogP contribution in [0.4, 0.5) is 15.3 Å². The van der Waals surface area contributed by atoms with Crippen molar-refractivity contribution in [2.24, 2.45) is 11.3 Å². The SMILES string of the molecule is CC(C)CC[C@H](O)C(=O)N(O)C(=O)N(CC(C)(C)C)C(=O)N(C)c1ccncc1. The van der Waals surface area contributed by atoms with Crippen molar-refractivity contribution >= 4 is 23.7 Å². The summed E-state index contributed by atoms with van der Waals surface area (Å²) in [6.45, 7) is 9.25. The van der Waals surface area contributed by atoms with Crippen LogP contribution in [0.15, 0.2) is 24.5 Å². The lowest BCUT2D eigenvalue weighted by molar-refractivity contribution is -0.164. The minimum Gasteiger partial charge on any atom is -0.383 e. The largest absolute Gasteiger partial charge is 0.383 e. The number of aliphatic hydroxyl groups is 1. The number of rotatable bonds is 6. The summed E-state index contributed by atoms with van der Waals surface area (Å²) in [5, 5.41) is 20.0. The van der Waals surface area contributed by atoms with E-state index in [-0.39, 0.29) is 23.9 Å². The first-order valence-electron chi connectivity index (χ1n) is 9.55. The van der Waals surface area contributed by atoms with Crippen molar-refractivity contribution in [2.45, 2.75) is 53.6 Å². The van der Waals surface area contributed by atoms with Crippen LogP contribution in [0.3, 0.4) is 0 Å². The molecule has 1 rings (SSSR count). The fourth-order valence-corrected chi connectivity index (χ4v) is 2.52. The van der Waals surface area contributed by atoms with Gasteiger partial charge in [0.15, 0.2) is 0 Å². The molecule has 1 aromatic heterocycles. The zero-order chi connectivity index (χ0) is 22.4. The number of aliphatic hydroxyl groups excluding tert-OH is 1. The second-order valence-corrected chi connectivity index (χ2v) is 8.61. The van der Waals surface area contributed by atoms with E-state index in [1.807, 2.05) is 34.6 Å². The van der Waals surface area contributed by atoms with Gasteiger partial charge >= 0.3 is 12.1 Å². The van der Waals surface area contributed by atoms with E-state index in [1.54, 1.807) is 12.1 Å². The van der Waals surface area contributed by atoms with Crippen molar-refractivity contribution in [1.29, 1.82) is 0 Å². The van der Waals surface area contributed by atoms with Gasteiger partial charge in [-0.05, 0) is 36.3 Å². The van der Waals surface area contributed by atoms with E-state index in [1.165, 1.54) is 24.3 Å². The summed E-state index contributed by atoms with van der Waals surface area (Å²) in [7, 11) is 1.47. The summed E-state index contributed by atoms with van der Waals surface area (Å²) in [5.74, 6) is -0.915. The van der Waals surface area contributed by atoms with Crippen molar-refractivity contribution in [3.63, 3.8) is 0 Å². The molecule has 0 spiro atoms. The summed E-state index contributed by atoms with van der Waals surface area (Å²) in [6, 6.07) is 1.25. The third kappa shape index (κ3) is 7.43. The van der Waals surface area contributed by atoms with Crippen LogP contribution >= 0.6 is 0 Å². The van der Waals surface area contributed by atoms with Gasteiger partial charge in [-0.25, -0.2) is 14.5 Å². The monoisotopic (exact) mass is 408 g/mol. The van der Waals surface area contributed by atoms with Crippen molar-refractivity contribution in [3.8, 4) is 0 Å². The summed E-state index contributed by atoms with van der Waals surface area (Å²) in [4.78, 5) is 43.9. The lowest BCUT2D eigenvalue weighted by Gasteiger charge is -2.33. The number of urea groups is 2. The Bertz CT molecular complexity index is 703. The number of pyridine rings is 1. The molecule has 0 fully saturated rings. The molecule has 162 valence electrons. The average Bonchev–Trinajstić information content (AvgIpc) is 2.67. The maximum absolute atomic E-state index is 13.0. The number of anilines is 1. The average molecular weight is 408 g/mol. The van der Waals surface area contributed by atoms with Crippen LogP contribution in [-0.4, -0.2) is 62.9 Å². The highest BCUT2D eigenvalue weighted by molar-refractivity contribution is 6.06. The Kier molecular flexibility index (Phi) is 8.72. The number of carbonyl (C=O) groups is 3. The van der Waals surface area contributed by atoms with Crippen molar-refractivity contribution in [1.82, 2.24) is 14.9 Å². The fourth-order valence-electron chi connectivity index (χ4n) is 2.52. The Morgan fingerprint density at radius 3 is 2.10 bits per heavy atom. The van der Waals surface area contributed by atoms with Crippen LogP contribution in [-0.2, 0) is 4.79 Å². The molecule has 9 heteroatoms. The molecule has 0 aliphatic rings. The van der Waals surface area contributed by atoms with E-state index >= 15 is 0 Å². The number of aromatic nitrogens is 1. The second kappa shape index (κ2) is 10.3. The third-order valence-electron chi connectivity index (χ3n) is 4.12. The predicted octanol–water partition coefficient (Wildman–Crippen LogP) is 3.12. The van der Waals surface area contributed by atoms with Gasteiger partial charge in [-0.1, -0.05) is 34.6 Å². The molecule has 2 N–H and O–H groups in total. The lowest BCUT2D eigenvalue weighted by atomic mass is 9.96. The maximum Gasteiger partial charge on any atom is 0.359 e. The molecule has 0 radical (unpaired) electrons. The number of nitrogens with zero attached hydrogens (tertiary/aromatic N) is 4. The lowest BCUT2D eigenvalue weighted by Crippen LogP contribution is -2.55. The molecule has 1 atom stereocenters. The normalized spacial score (nSPS) is 12.4. The summed E-state index contributed by atoms with van der Waals surface area (Å²) < 4.78 is 0. The molecule has 0 aliphatic heterocycles. The molecule has 0 bridgehead atoms.